The number of nitrogens with one attached hydrogen (secondary N) is 1. The first-order valence-corrected chi connectivity index (χ1v) is 7.47. The second-order valence-electron chi connectivity index (χ2n) is 5.22. The van der Waals surface area contributed by atoms with E-state index in [4.69, 9.17) is 4.74 Å². The molecular weight excluding hydrogens is 279 g/mol. The maximum absolute atomic E-state index is 12.4. The van der Waals surface area contributed by atoms with Crippen LogP contribution in [0.2, 0.25) is 0 Å². The van der Waals surface area contributed by atoms with Crippen LogP contribution in [0.3, 0.4) is 0 Å². The number of hydrogen-bond acceptors (Lipinski definition) is 2. The van der Waals surface area contributed by atoms with Crippen molar-refractivity contribution in [2.75, 3.05) is 13.2 Å². The first-order valence-electron chi connectivity index (χ1n) is 7.47. The number of hydrogen-bond donors (Lipinski definition) is 1. The Labute approximate surface area is 124 Å². The topological polar surface area (TPSA) is 21.3 Å². The molecule has 0 saturated carbocycles. The SMILES string of the molecule is CCCCCC(C)NCCOc1ccc(C(F)(F)F)cc1. The van der Waals surface area contributed by atoms with E-state index < -0.39 is 11.7 Å². The Kier molecular flexibility index (Phi) is 7.57. The van der Waals surface area contributed by atoms with Gasteiger partial charge in [0, 0.05) is 12.6 Å². The van der Waals surface area contributed by atoms with Crippen LogP contribution in [0, 0.1) is 0 Å². The Balaban J connectivity index is 2.21. The Morgan fingerprint density at radius 2 is 1.81 bits per heavy atom. The van der Waals surface area contributed by atoms with E-state index in [9.17, 15) is 13.2 Å². The van der Waals surface area contributed by atoms with Gasteiger partial charge in [0.2, 0.25) is 0 Å². The van der Waals surface area contributed by atoms with Gasteiger partial charge in [0.15, 0.2) is 0 Å². The molecule has 1 aromatic carbocycles. The van der Waals surface area contributed by atoms with E-state index in [1.807, 2.05) is 0 Å². The number of unbranched alkanes of at least 4 members (excludes halogenated alkanes) is 2. The van der Waals surface area contributed by atoms with E-state index >= 15 is 0 Å². The predicted octanol–water partition coefficient (Wildman–Crippen LogP) is 4.64. The lowest BCUT2D eigenvalue weighted by atomic mass is 10.1. The van der Waals surface area contributed by atoms with Crippen LogP contribution in [0.25, 0.3) is 0 Å². The third kappa shape index (κ3) is 7.37. The minimum absolute atomic E-state index is 0.438. The standard InChI is InChI=1S/C16H24F3NO/c1-3-4-5-6-13(2)20-11-12-21-15-9-7-14(8-10-15)16(17,18)19/h7-10,13,20H,3-6,11-12H2,1-2H3. The first kappa shape index (κ1) is 17.8. The maximum Gasteiger partial charge on any atom is 0.416 e. The van der Waals surface area contributed by atoms with Crippen LogP contribution in [0.4, 0.5) is 13.2 Å². The summed E-state index contributed by atoms with van der Waals surface area (Å²) in [6.07, 6.45) is 0.504. The molecule has 0 aromatic heterocycles. The van der Waals surface area contributed by atoms with Gasteiger partial charge in [0.05, 0.1) is 5.56 Å². The fourth-order valence-corrected chi connectivity index (χ4v) is 2.02. The molecule has 1 N–H and O–H groups in total. The van der Waals surface area contributed by atoms with Crippen LogP contribution in [-0.2, 0) is 6.18 Å². The lowest BCUT2D eigenvalue weighted by molar-refractivity contribution is -0.137. The van der Waals surface area contributed by atoms with Gasteiger partial charge in [-0.25, -0.2) is 0 Å². The van der Waals surface area contributed by atoms with Crippen LogP contribution in [0.15, 0.2) is 24.3 Å². The van der Waals surface area contributed by atoms with E-state index in [2.05, 4.69) is 19.2 Å². The average molecular weight is 303 g/mol. The molecule has 0 fully saturated rings. The van der Waals surface area contributed by atoms with E-state index in [1.54, 1.807) is 0 Å². The summed E-state index contributed by atoms with van der Waals surface area (Å²) >= 11 is 0. The van der Waals surface area contributed by atoms with Crippen molar-refractivity contribution in [2.45, 2.75) is 51.7 Å². The molecule has 1 aromatic rings. The molecular formula is C16H24F3NO. The van der Waals surface area contributed by atoms with Gasteiger partial charge < -0.3 is 10.1 Å². The second-order valence-corrected chi connectivity index (χ2v) is 5.22. The summed E-state index contributed by atoms with van der Waals surface area (Å²) in [5.74, 6) is 0.462. The van der Waals surface area contributed by atoms with Crippen molar-refractivity contribution in [3.63, 3.8) is 0 Å². The molecule has 5 heteroatoms. The van der Waals surface area contributed by atoms with Crippen molar-refractivity contribution in [3.8, 4) is 5.75 Å². The number of ether oxygens (including phenoxy) is 1. The van der Waals surface area contributed by atoms with Gasteiger partial charge in [0.1, 0.15) is 12.4 Å². The molecule has 0 aliphatic carbocycles. The number of alkyl halides is 3. The predicted molar refractivity (Wildman–Crippen MR) is 78.5 cm³/mol. The Morgan fingerprint density at radius 3 is 2.38 bits per heavy atom. The van der Waals surface area contributed by atoms with Gasteiger partial charge >= 0.3 is 6.18 Å². The zero-order valence-electron chi connectivity index (χ0n) is 12.7. The number of halogens is 3. The highest BCUT2D eigenvalue weighted by Gasteiger charge is 2.29. The molecule has 0 saturated heterocycles. The van der Waals surface area contributed by atoms with Gasteiger partial charge in [0.25, 0.3) is 0 Å². The van der Waals surface area contributed by atoms with Crippen molar-refractivity contribution in [3.05, 3.63) is 29.8 Å². The molecule has 0 aliphatic rings. The lowest BCUT2D eigenvalue weighted by Gasteiger charge is -2.14. The molecule has 0 amide bonds. The normalized spacial score (nSPS) is 13.2. The molecule has 0 aliphatic heterocycles. The summed E-state index contributed by atoms with van der Waals surface area (Å²) in [5, 5.41) is 3.34. The zero-order valence-corrected chi connectivity index (χ0v) is 12.7. The molecule has 1 unspecified atom stereocenters. The average Bonchev–Trinajstić information content (AvgIpc) is 2.43. The molecule has 0 spiro atoms. The monoisotopic (exact) mass is 303 g/mol. The Bertz CT molecular complexity index is 390. The molecule has 0 bridgehead atoms. The van der Waals surface area contributed by atoms with Crippen molar-refractivity contribution in [1.29, 1.82) is 0 Å². The molecule has 1 rings (SSSR count). The number of rotatable bonds is 9. The molecule has 120 valence electrons. The summed E-state index contributed by atoms with van der Waals surface area (Å²) in [7, 11) is 0. The fraction of sp³-hybridized carbons (Fsp3) is 0.625. The van der Waals surface area contributed by atoms with E-state index in [0.717, 1.165) is 18.6 Å². The fourth-order valence-electron chi connectivity index (χ4n) is 2.02. The molecule has 1 atom stereocenters. The third-order valence-electron chi connectivity index (χ3n) is 3.29. The van der Waals surface area contributed by atoms with E-state index in [-0.39, 0.29) is 0 Å². The van der Waals surface area contributed by atoms with E-state index in [1.165, 1.54) is 31.4 Å². The van der Waals surface area contributed by atoms with Crippen LogP contribution in [0.5, 0.6) is 5.75 Å². The number of benzene rings is 1. The smallest absolute Gasteiger partial charge is 0.416 e. The van der Waals surface area contributed by atoms with Gasteiger partial charge in [-0.1, -0.05) is 26.2 Å². The minimum Gasteiger partial charge on any atom is -0.492 e. The van der Waals surface area contributed by atoms with Gasteiger partial charge in [-0.15, -0.1) is 0 Å². The highest BCUT2D eigenvalue weighted by Crippen LogP contribution is 2.30. The summed E-state index contributed by atoms with van der Waals surface area (Å²) < 4.78 is 42.6. The van der Waals surface area contributed by atoms with Gasteiger partial charge in [-0.2, -0.15) is 13.2 Å². The van der Waals surface area contributed by atoms with Gasteiger partial charge in [-0.05, 0) is 37.6 Å². The highest BCUT2D eigenvalue weighted by atomic mass is 19.4. The van der Waals surface area contributed by atoms with Crippen molar-refractivity contribution in [2.24, 2.45) is 0 Å². The Hall–Kier alpha value is -1.23. The molecule has 21 heavy (non-hydrogen) atoms. The van der Waals surface area contributed by atoms with Crippen molar-refractivity contribution >= 4 is 0 Å². The maximum atomic E-state index is 12.4. The van der Waals surface area contributed by atoms with Crippen LogP contribution in [0.1, 0.15) is 45.1 Å². The van der Waals surface area contributed by atoms with Crippen LogP contribution in [-0.4, -0.2) is 19.2 Å². The molecule has 0 radical (unpaired) electrons. The molecule has 2 nitrogen and oxygen atoms in total. The largest absolute Gasteiger partial charge is 0.492 e. The quantitative estimate of drug-likeness (QED) is 0.671. The minimum atomic E-state index is -4.30. The lowest BCUT2D eigenvalue weighted by Crippen LogP contribution is -2.30. The van der Waals surface area contributed by atoms with E-state index in [0.29, 0.717) is 24.9 Å². The second kappa shape index (κ2) is 8.93. The van der Waals surface area contributed by atoms with Crippen LogP contribution < -0.4 is 10.1 Å². The van der Waals surface area contributed by atoms with Gasteiger partial charge in [-0.3, -0.25) is 0 Å². The summed E-state index contributed by atoms with van der Waals surface area (Å²) in [5.41, 5.74) is -0.655. The van der Waals surface area contributed by atoms with Crippen LogP contribution >= 0.6 is 0 Å². The summed E-state index contributed by atoms with van der Waals surface area (Å²) in [6.45, 7) is 5.45. The molecule has 0 heterocycles. The zero-order chi connectivity index (χ0) is 15.7. The highest BCUT2D eigenvalue weighted by molar-refractivity contribution is 5.28. The third-order valence-corrected chi connectivity index (χ3v) is 3.29. The van der Waals surface area contributed by atoms with Crippen molar-refractivity contribution in [1.82, 2.24) is 5.32 Å². The first-order chi connectivity index (χ1) is 9.93. The Morgan fingerprint density at radius 1 is 1.14 bits per heavy atom. The van der Waals surface area contributed by atoms with Crippen molar-refractivity contribution < 1.29 is 17.9 Å². The summed E-state index contributed by atoms with van der Waals surface area (Å²) in [4.78, 5) is 0. The summed E-state index contributed by atoms with van der Waals surface area (Å²) in [6, 6.07) is 5.22.